The van der Waals surface area contributed by atoms with Crippen LogP contribution in [0.5, 0.6) is 5.75 Å². The van der Waals surface area contributed by atoms with E-state index in [-0.39, 0.29) is 12.5 Å². The smallest absolute Gasteiger partial charge is 0.279 e. The summed E-state index contributed by atoms with van der Waals surface area (Å²) in [6.45, 7) is 1.84. The van der Waals surface area contributed by atoms with Crippen LogP contribution in [-0.4, -0.2) is 50.0 Å². The first kappa shape index (κ1) is 20.0. The maximum Gasteiger partial charge on any atom is 0.279 e. The third-order valence-electron chi connectivity index (χ3n) is 4.02. The largest absolute Gasteiger partial charge is 0.497 e. The number of hydrogen-bond donors (Lipinski definition) is 2. The molecule has 0 saturated carbocycles. The lowest BCUT2D eigenvalue weighted by molar-refractivity contribution is -0.907. The average Bonchev–Trinajstić information content (AvgIpc) is 3.38. The Kier molecular flexibility index (Phi) is 7.12. The Morgan fingerprint density at radius 1 is 1.25 bits per heavy atom. The molecule has 28 heavy (non-hydrogen) atoms. The molecule has 0 bridgehead atoms. The zero-order valence-electron chi connectivity index (χ0n) is 15.8. The van der Waals surface area contributed by atoms with E-state index in [1.807, 2.05) is 35.7 Å². The molecule has 0 aliphatic heterocycles. The number of nitrogens with one attached hydrogen (secondary N) is 2. The van der Waals surface area contributed by atoms with Crippen LogP contribution >= 0.6 is 11.3 Å². The number of benzene rings is 1. The van der Waals surface area contributed by atoms with E-state index < -0.39 is 0 Å². The lowest BCUT2D eigenvalue weighted by atomic mass is 10.3. The molecule has 3 aromatic rings. The molecular weight excluding hydrogens is 380 g/mol. The van der Waals surface area contributed by atoms with Gasteiger partial charge in [0.2, 0.25) is 0 Å². The molecule has 2 heterocycles. The number of hydrogen-bond acceptors (Lipinski definition) is 7. The van der Waals surface area contributed by atoms with Crippen molar-refractivity contribution < 1.29 is 23.6 Å². The lowest BCUT2D eigenvalue weighted by Gasteiger charge is -2.17. The Hall–Kier alpha value is -2.75. The molecule has 148 valence electrons. The molecule has 0 radical (unpaired) electrons. The van der Waals surface area contributed by atoms with Crippen molar-refractivity contribution >= 4 is 22.9 Å². The van der Waals surface area contributed by atoms with Gasteiger partial charge in [-0.2, -0.15) is 0 Å². The second-order valence-corrected chi connectivity index (χ2v) is 7.05. The lowest BCUT2D eigenvalue weighted by Crippen LogP contribution is -3.12. The topological polar surface area (TPSA) is 90.9 Å². The highest BCUT2D eigenvalue weighted by Crippen LogP contribution is 2.22. The molecule has 3 rings (SSSR count). The van der Waals surface area contributed by atoms with Gasteiger partial charge in [-0.15, -0.1) is 21.5 Å². The SMILES string of the molecule is COCC[NH+](CC(=O)Nc1cccc(OC)c1)Cc1nnc(-c2cccs2)o1. The van der Waals surface area contributed by atoms with Crippen molar-refractivity contribution in [1.82, 2.24) is 10.2 Å². The summed E-state index contributed by atoms with van der Waals surface area (Å²) in [6, 6.07) is 11.1. The number of methoxy groups -OCH3 is 2. The molecule has 1 aromatic carbocycles. The second kappa shape index (κ2) is 9.98. The standard InChI is InChI=1S/C19H22N4O4S/c1-25-9-8-23(12-17(24)20-14-5-3-6-15(11-14)26-2)13-18-21-22-19(27-18)16-7-4-10-28-16/h3-7,10-11H,8-9,12-13H2,1-2H3,(H,20,24)/p+1. The van der Waals surface area contributed by atoms with Gasteiger partial charge >= 0.3 is 0 Å². The van der Waals surface area contributed by atoms with Crippen LogP contribution in [0.15, 0.2) is 46.2 Å². The molecule has 0 fully saturated rings. The monoisotopic (exact) mass is 403 g/mol. The van der Waals surface area contributed by atoms with Crippen LogP contribution in [0.2, 0.25) is 0 Å². The number of aromatic nitrogens is 2. The summed E-state index contributed by atoms with van der Waals surface area (Å²) < 4.78 is 16.1. The molecular formula is C19H23N4O4S+. The van der Waals surface area contributed by atoms with E-state index in [1.165, 1.54) is 11.3 Å². The van der Waals surface area contributed by atoms with Gasteiger partial charge in [0.05, 0.1) is 18.6 Å². The van der Waals surface area contributed by atoms with Crippen molar-refractivity contribution in [1.29, 1.82) is 0 Å². The summed E-state index contributed by atoms with van der Waals surface area (Å²) in [6.07, 6.45) is 0. The average molecular weight is 403 g/mol. The molecule has 1 unspecified atom stereocenters. The molecule has 0 aliphatic rings. The molecule has 1 atom stereocenters. The van der Waals surface area contributed by atoms with Gasteiger partial charge in [0.15, 0.2) is 13.1 Å². The number of ether oxygens (including phenoxy) is 2. The molecule has 9 heteroatoms. The van der Waals surface area contributed by atoms with E-state index >= 15 is 0 Å². The minimum Gasteiger partial charge on any atom is -0.497 e. The van der Waals surface area contributed by atoms with Crippen molar-refractivity contribution in [2.45, 2.75) is 6.54 Å². The number of amides is 1. The Bertz CT molecular complexity index is 882. The predicted octanol–water partition coefficient (Wildman–Crippen LogP) is 1.48. The van der Waals surface area contributed by atoms with E-state index in [0.717, 1.165) is 9.78 Å². The van der Waals surface area contributed by atoms with E-state index in [9.17, 15) is 4.79 Å². The van der Waals surface area contributed by atoms with E-state index in [4.69, 9.17) is 13.9 Å². The van der Waals surface area contributed by atoms with Crippen LogP contribution in [0.4, 0.5) is 5.69 Å². The molecule has 8 nitrogen and oxygen atoms in total. The molecule has 0 saturated heterocycles. The Labute approximate surface area is 167 Å². The highest BCUT2D eigenvalue weighted by atomic mass is 32.1. The summed E-state index contributed by atoms with van der Waals surface area (Å²) >= 11 is 1.54. The number of carbonyl (C=O) groups is 1. The fourth-order valence-corrected chi connectivity index (χ4v) is 3.30. The predicted molar refractivity (Wildman–Crippen MR) is 106 cm³/mol. The summed E-state index contributed by atoms with van der Waals surface area (Å²) in [5.41, 5.74) is 0.688. The highest BCUT2D eigenvalue weighted by molar-refractivity contribution is 7.13. The van der Waals surface area contributed by atoms with Crippen LogP contribution < -0.4 is 15.0 Å². The number of carbonyl (C=O) groups excluding carboxylic acids is 1. The fourth-order valence-electron chi connectivity index (χ4n) is 2.66. The number of rotatable bonds is 10. The maximum atomic E-state index is 12.5. The van der Waals surface area contributed by atoms with Gasteiger partial charge in [-0.25, -0.2) is 0 Å². The number of nitrogens with zero attached hydrogens (tertiary/aromatic N) is 2. The first-order valence-electron chi connectivity index (χ1n) is 8.80. The first-order valence-corrected chi connectivity index (χ1v) is 9.68. The first-order chi connectivity index (χ1) is 13.7. The minimum absolute atomic E-state index is 0.114. The third kappa shape index (κ3) is 5.62. The quantitative estimate of drug-likeness (QED) is 0.533. The summed E-state index contributed by atoms with van der Waals surface area (Å²) in [7, 11) is 3.22. The minimum atomic E-state index is -0.114. The van der Waals surface area contributed by atoms with Crippen molar-refractivity contribution in [3.8, 4) is 16.5 Å². The van der Waals surface area contributed by atoms with Crippen molar-refractivity contribution in [2.24, 2.45) is 0 Å². The zero-order chi connectivity index (χ0) is 19.8. The van der Waals surface area contributed by atoms with Gasteiger partial charge < -0.3 is 24.1 Å². The van der Waals surface area contributed by atoms with Crippen molar-refractivity contribution in [3.63, 3.8) is 0 Å². The van der Waals surface area contributed by atoms with Crippen LogP contribution in [0, 0.1) is 0 Å². The Morgan fingerprint density at radius 3 is 2.89 bits per heavy atom. The van der Waals surface area contributed by atoms with E-state index in [0.29, 0.717) is 42.9 Å². The van der Waals surface area contributed by atoms with Gasteiger partial charge in [-0.05, 0) is 23.6 Å². The van der Waals surface area contributed by atoms with Gasteiger partial charge in [-0.3, -0.25) is 4.79 Å². The second-order valence-electron chi connectivity index (χ2n) is 6.10. The summed E-state index contributed by atoms with van der Waals surface area (Å²) in [5.74, 6) is 1.56. The van der Waals surface area contributed by atoms with Gasteiger partial charge in [0.25, 0.3) is 17.7 Å². The Morgan fingerprint density at radius 2 is 2.14 bits per heavy atom. The van der Waals surface area contributed by atoms with Gasteiger partial charge in [0.1, 0.15) is 12.3 Å². The molecule has 2 N–H and O–H groups in total. The van der Waals surface area contributed by atoms with Crippen LogP contribution in [0.1, 0.15) is 5.89 Å². The van der Waals surface area contributed by atoms with Crippen LogP contribution in [0.3, 0.4) is 0 Å². The molecule has 0 spiro atoms. The molecule has 1 amide bonds. The highest BCUT2D eigenvalue weighted by Gasteiger charge is 2.19. The zero-order valence-corrected chi connectivity index (χ0v) is 16.6. The molecule has 2 aromatic heterocycles. The van der Waals surface area contributed by atoms with E-state index in [2.05, 4.69) is 15.5 Å². The van der Waals surface area contributed by atoms with Crippen molar-refractivity contribution in [3.05, 3.63) is 47.7 Å². The molecule has 0 aliphatic carbocycles. The third-order valence-corrected chi connectivity index (χ3v) is 4.88. The van der Waals surface area contributed by atoms with E-state index in [1.54, 1.807) is 20.3 Å². The Balaban J connectivity index is 1.62. The van der Waals surface area contributed by atoms with Gasteiger partial charge in [-0.1, -0.05) is 12.1 Å². The van der Waals surface area contributed by atoms with Gasteiger partial charge in [0, 0.05) is 18.9 Å². The number of thiophene rings is 1. The fraction of sp³-hybridized carbons (Fsp3) is 0.316. The van der Waals surface area contributed by atoms with Crippen LogP contribution in [-0.2, 0) is 16.1 Å². The number of anilines is 1. The summed E-state index contributed by atoms with van der Waals surface area (Å²) in [5, 5.41) is 13.1. The number of quaternary nitrogens is 1. The normalized spacial score (nSPS) is 11.9. The summed E-state index contributed by atoms with van der Waals surface area (Å²) in [4.78, 5) is 14.4. The van der Waals surface area contributed by atoms with Crippen LogP contribution in [0.25, 0.3) is 10.8 Å². The maximum absolute atomic E-state index is 12.5. The van der Waals surface area contributed by atoms with Crippen molar-refractivity contribution in [2.75, 3.05) is 39.2 Å².